The number of aryl methyl sites for hydroxylation is 1. The average molecular weight is 293 g/mol. The molecule has 0 radical (unpaired) electrons. The zero-order chi connectivity index (χ0) is 14.5. The molecule has 0 aliphatic rings. The minimum absolute atomic E-state index is 0.0284. The fraction of sp³-hybridized carbons (Fsp3) is 0.333. The van der Waals surface area contributed by atoms with E-state index in [1.807, 2.05) is 12.3 Å². The van der Waals surface area contributed by atoms with Crippen LogP contribution in [0, 0.1) is 17.0 Å². The van der Waals surface area contributed by atoms with Crippen molar-refractivity contribution in [3.05, 3.63) is 38.3 Å². The third-order valence-corrected chi connectivity index (χ3v) is 3.65. The summed E-state index contributed by atoms with van der Waals surface area (Å²) in [6.45, 7) is 2.49. The summed E-state index contributed by atoms with van der Waals surface area (Å²) < 4.78 is 0. The second-order valence-corrected chi connectivity index (χ2v) is 5.07. The van der Waals surface area contributed by atoms with Crippen molar-refractivity contribution in [3.63, 3.8) is 0 Å². The van der Waals surface area contributed by atoms with Gasteiger partial charge in [-0.3, -0.25) is 10.1 Å². The molecule has 7 nitrogen and oxygen atoms in total. The Morgan fingerprint density at radius 1 is 1.40 bits per heavy atom. The fourth-order valence-electron chi connectivity index (χ4n) is 1.67. The van der Waals surface area contributed by atoms with Crippen LogP contribution in [0.15, 0.2) is 17.5 Å². The van der Waals surface area contributed by atoms with Gasteiger partial charge in [0.15, 0.2) is 0 Å². The average Bonchev–Trinajstić information content (AvgIpc) is 2.84. The summed E-state index contributed by atoms with van der Waals surface area (Å²) in [7, 11) is 1.72. The quantitative estimate of drug-likeness (QED) is 0.627. The van der Waals surface area contributed by atoms with Crippen LogP contribution < -0.4 is 10.6 Å². The van der Waals surface area contributed by atoms with Crippen LogP contribution in [-0.4, -0.2) is 28.5 Å². The first-order chi connectivity index (χ1) is 9.60. The molecule has 8 heteroatoms. The van der Waals surface area contributed by atoms with Gasteiger partial charge in [0, 0.05) is 37.2 Å². The standard InChI is InChI=1S/C12H15N5O2S/c1-8-7-20-11(15-8)5-6-14-12-9(17(18)19)3-4-10(13-2)16-12/h3-4,7H,5-6H2,1-2H3,(H2,13,14,16). The number of hydrogen-bond acceptors (Lipinski definition) is 7. The van der Waals surface area contributed by atoms with E-state index in [1.165, 1.54) is 6.07 Å². The molecule has 2 N–H and O–H groups in total. The van der Waals surface area contributed by atoms with Crippen LogP contribution in [-0.2, 0) is 6.42 Å². The van der Waals surface area contributed by atoms with Crippen molar-refractivity contribution in [2.24, 2.45) is 0 Å². The molecule has 0 fully saturated rings. The highest BCUT2D eigenvalue weighted by Gasteiger charge is 2.15. The monoisotopic (exact) mass is 293 g/mol. The molecule has 0 atom stereocenters. The van der Waals surface area contributed by atoms with Crippen LogP contribution in [0.5, 0.6) is 0 Å². The van der Waals surface area contributed by atoms with Crippen LogP contribution in [0.2, 0.25) is 0 Å². The van der Waals surface area contributed by atoms with Crippen molar-refractivity contribution in [1.82, 2.24) is 9.97 Å². The highest BCUT2D eigenvalue weighted by Crippen LogP contribution is 2.23. The van der Waals surface area contributed by atoms with Crippen molar-refractivity contribution in [3.8, 4) is 0 Å². The Morgan fingerprint density at radius 3 is 2.80 bits per heavy atom. The number of nitrogens with one attached hydrogen (secondary N) is 2. The predicted octanol–water partition coefficient (Wildman–Crippen LogP) is 2.45. The lowest BCUT2D eigenvalue weighted by molar-refractivity contribution is -0.384. The van der Waals surface area contributed by atoms with E-state index in [0.717, 1.165) is 10.7 Å². The molecule has 2 aromatic rings. The molecule has 2 heterocycles. The van der Waals surface area contributed by atoms with Crippen molar-refractivity contribution in [1.29, 1.82) is 0 Å². The zero-order valence-electron chi connectivity index (χ0n) is 11.2. The number of aromatic nitrogens is 2. The third kappa shape index (κ3) is 3.41. The first-order valence-electron chi connectivity index (χ1n) is 6.08. The lowest BCUT2D eigenvalue weighted by Gasteiger charge is -2.07. The minimum atomic E-state index is -0.442. The number of anilines is 2. The zero-order valence-corrected chi connectivity index (χ0v) is 12.0. The van der Waals surface area contributed by atoms with Crippen LogP contribution in [0.3, 0.4) is 0 Å². The maximum atomic E-state index is 11.0. The molecule has 0 unspecified atom stereocenters. The summed E-state index contributed by atoms with van der Waals surface area (Å²) in [6.07, 6.45) is 0.709. The molecule has 0 aromatic carbocycles. The molecule has 0 saturated heterocycles. The molecule has 2 aromatic heterocycles. The Kier molecular flexibility index (Phi) is 4.46. The molecule has 0 aliphatic carbocycles. The van der Waals surface area contributed by atoms with E-state index in [4.69, 9.17) is 0 Å². The molecule has 20 heavy (non-hydrogen) atoms. The van der Waals surface area contributed by atoms with Gasteiger partial charge in [0.2, 0.25) is 5.82 Å². The van der Waals surface area contributed by atoms with Gasteiger partial charge in [-0.25, -0.2) is 9.97 Å². The minimum Gasteiger partial charge on any atom is -0.373 e. The predicted molar refractivity (Wildman–Crippen MR) is 79.5 cm³/mol. The number of rotatable bonds is 6. The van der Waals surface area contributed by atoms with Gasteiger partial charge in [0.05, 0.1) is 9.93 Å². The van der Waals surface area contributed by atoms with Gasteiger partial charge in [0.1, 0.15) is 5.82 Å². The van der Waals surface area contributed by atoms with Crippen molar-refractivity contribution in [2.75, 3.05) is 24.2 Å². The largest absolute Gasteiger partial charge is 0.373 e. The molecular formula is C12H15N5O2S. The molecule has 106 valence electrons. The van der Waals surface area contributed by atoms with Gasteiger partial charge >= 0.3 is 5.69 Å². The van der Waals surface area contributed by atoms with E-state index in [2.05, 4.69) is 20.6 Å². The van der Waals surface area contributed by atoms with Crippen molar-refractivity contribution in [2.45, 2.75) is 13.3 Å². The van der Waals surface area contributed by atoms with Crippen LogP contribution in [0.4, 0.5) is 17.3 Å². The summed E-state index contributed by atoms with van der Waals surface area (Å²) in [5.41, 5.74) is 0.964. The Labute approximate surface area is 120 Å². The van der Waals surface area contributed by atoms with Gasteiger partial charge in [-0.05, 0) is 13.0 Å². The summed E-state index contributed by atoms with van der Waals surface area (Å²) in [5.74, 6) is 0.860. The Bertz CT molecular complexity index is 614. The van der Waals surface area contributed by atoms with E-state index in [9.17, 15) is 10.1 Å². The highest BCUT2D eigenvalue weighted by molar-refractivity contribution is 7.09. The molecule has 0 saturated carbocycles. The smallest absolute Gasteiger partial charge is 0.311 e. The van der Waals surface area contributed by atoms with Gasteiger partial charge in [-0.2, -0.15) is 0 Å². The summed E-state index contributed by atoms with van der Waals surface area (Å²) in [6, 6.07) is 3.02. The first kappa shape index (κ1) is 14.2. The van der Waals surface area contributed by atoms with E-state index < -0.39 is 4.92 Å². The van der Waals surface area contributed by atoms with Gasteiger partial charge in [-0.1, -0.05) is 0 Å². The second-order valence-electron chi connectivity index (χ2n) is 4.13. The third-order valence-electron chi connectivity index (χ3n) is 2.62. The Morgan fingerprint density at radius 2 is 2.20 bits per heavy atom. The van der Waals surface area contributed by atoms with Crippen molar-refractivity contribution < 1.29 is 4.92 Å². The SMILES string of the molecule is CNc1ccc([N+](=O)[O-])c(NCCc2nc(C)cs2)n1. The highest BCUT2D eigenvalue weighted by atomic mass is 32.1. The van der Waals surface area contributed by atoms with E-state index in [0.29, 0.717) is 18.8 Å². The van der Waals surface area contributed by atoms with Crippen LogP contribution in [0.1, 0.15) is 10.7 Å². The second kappa shape index (κ2) is 6.29. The topological polar surface area (TPSA) is 93.0 Å². The van der Waals surface area contributed by atoms with E-state index in [1.54, 1.807) is 24.5 Å². The number of hydrogen-bond donors (Lipinski definition) is 2. The molecule has 0 aliphatic heterocycles. The maximum Gasteiger partial charge on any atom is 0.311 e. The maximum absolute atomic E-state index is 11.0. The Balaban J connectivity index is 2.05. The van der Waals surface area contributed by atoms with Gasteiger partial charge in [0.25, 0.3) is 0 Å². The van der Waals surface area contributed by atoms with E-state index in [-0.39, 0.29) is 11.5 Å². The van der Waals surface area contributed by atoms with Gasteiger partial charge in [-0.15, -0.1) is 11.3 Å². The summed E-state index contributed by atoms with van der Waals surface area (Å²) in [5, 5.41) is 19.8. The number of thiazole rings is 1. The van der Waals surface area contributed by atoms with Crippen molar-refractivity contribution >= 4 is 28.7 Å². The Hall–Kier alpha value is -2.22. The van der Waals surface area contributed by atoms with Crippen LogP contribution in [0.25, 0.3) is 0 Å². The number of nitro groups is 1. The number of nitrogens with zero attached hydrogens (tertiary/aromatic N) is 3. The molecule has 0 bridgehead atoms. The molecule has 0 spiro atoms. The molecular weight excluding hydrogens is 278 g/mol. The lowest BCUT2D eigenvalue weighted by atomic mass is 10.3. The fourth-order valence-corrected chi connectivity index (χ4v) is 2.45. The van der Waals surface area contributed by atoms with Gasteiger partial charge < -0.3 is 10.6 Å². The molecule has 0 amide bonds. The first-order valence-corrected chi connectivity index (χ1v) is 6.96. The van der Waals surface area contributed by atoms with Crippen LogP contribution >= 0.6 is 11.3 Å². The molecule has 2 rings (SSSR count). The van der Waals surface area contributed by atoms with E-state index >= 15 is 0 Å². The normalized spacial score (nSPS) is 10.3. The lowest BCUT2D eigenvalue weighted by Crippen LogP contribution is -2.09. The number of pyridine rings is 1. The summed E-state index contributed by atoms with van der Waals surface area (Å²) >= 11 is 1.59. The summed E-state index contributed by atoms with van der Waals surface area (Å²) in [4.78, 5) is 19.0.